The molecule has 0 radical (unpaired) electrons. The summed E-state index contributed by atoms with van der Waals surface area (Å²) in [4.78, 5) is 15.4. The maximum atomic E-state index is 13.2. The first-order valence-corrected chi connectivity index (χ1v) is 21.2. The molecule has 0 N–H and O–H groups in total. The van der Waals surface area contributed by atoms with E-state index in [2.05, 4.69) is 69.3 Å². The molecule has 2 nitrogen and oxygen atoms in total. The van der Waals surface area contributed by atoms with Gasteiger partial charge in [-0.15, -0.1) is 0 Å². The predicted octanol–water partition coefficient (Wildman–Crippen LogP) is 14.9. The molecule has 1 unspecified atom stereocenters. The lowest BCUT2D eigenvalue weighted by atomic mass is 9.88. The summed E-state index contributed by atoms with van der Waals surface area (Å²) >= 11 is 0. The molecule has 0 aliphatic carbocycles. The van der Waals surface area contributed by atoms with Crippen LogP contribution in [0.3, 0.4) is 0 Å². The van der Waals surface area contributed by atoms with Gasteiger partial charge in [0.1, 0.15) is 5.78 Å². The van der Waals surface area contributed by atoms with Gasteiger partial charge < -0.3 is 4.90 Å². The first-order valence-electron chi connectivity index (χ1n) is 21.2. The quantitative estimate of drug-likeness (QED) is 0.0487. The zero-order valence-corrected chi connectivity index (χ0v) is 32.7. The number of rotatable bonds is 38. The molecule has 0 rings (SSSR count). The molecule has 0 fully saturated rings. The van der Waals surface area contributed by atoms with Crippen molar-refractivity contribution in [3.8, 4) is 0 Å². The fourth-order valence-electron chi connectivity index (χ4n) is 6.59. The molecule has 276 valence electrons. The smallest absolute Gasteiger partial charge is 0.135 e. The number of carbonyl (C=O) groups excluding carboxylic acids is 1. The highest BCUT2D eigenvalue weighted by atomic mass is 16.1. The molecule has 0 aromatic rings. The fourth-order valence-corrected chi connectivity index (χ4v) is 6.59. The highest BCUT2D eigenvalue weighted by molar-refractivity contribution is 5.80. The van der Waals surface area contributed by atoms with E-state index in [-0.39, 0.29) is 0 Å². The Balaban J connectivity index is 4.04. The number of Topliss-reactive ketones (excluding diaryl/α,β-unsaturated/α-hetero) is 1. The Hall–Kier alpha value is -1.15. The van der Waals surface area contributed by atoms with Crippen molar-refractivity contribution in [1.82, 2.24) is 4.90 Å². The van der Waals surface area contributed by atoms with Crippen molar-refractivity contribution >= 4 is 5.78 Å². The van der Waals surface area contributed by atoms with E-state index in [9.17, 15) is 4.79 Å². The summed E-state index contributed by atoms with van der Waals surface area (Å²) in [5.74, 6) is 0.900. The van der Waals surface area contributed by atoms with Crippen molar-refractivity contribution in [1.29, 1.82) is 0 Å². The van der Waals surface area contributed by atoms with Crippen LogP contribution < -0.4 is 0 Å². The molecule has 47 heavy (non-hydrogen) atoms. The Kier molecular flexibility index (Phi) is 38.3. The summed E-state index contributed by atoms with van der Waals surface area (Å²) in [6, 6.07) is 0. The van der Waals surface area contributed by atoms with Crippen LogP contribution in [0.2, 0.25) is 0 Å². The molecule has 0 amide bonds. The lowest BCUT2D eigenvalue weighted by molar-refractivity contribution is -0.123. The third kappa shape index (κ3) is 37.5. The number of ketones is 1. The Labute approximate surface area is 297 Å². The highest BCUT2D eigenvalue weighted by Crippen LogP contribution is 2.23. The first-order chi connectivity index (χ1) is 23.1. The Bertz CT molecular complexity index is 705. The Morgan fingerprint density at radius 3 is 1.28 bits per heavy atom. The third-order valence-electron chi connectivity index (χ3n) is 9.80. The standard InChI is InChI=1S/C45H85NO/c1-5-7-9-11-13-15-17-19-21-23-25-27-29-31-33-36-40-44(45(47)42-38-35-39-43-46(3)4)41-37-34-32-30-28-26-24-22-20-18-16-14-12-10-8-6-2/h13,15,19-22,44H,5-12,14,16-18,23-43H2,1-4H3/b15-13-,21-19-,22-20-. The van der Waals surface area contributed by atoms with Gasteiger partial charge in [-0.25, -0.2) is 0 Å². The molecule has 1 atom stereocenters. The molecule has 0 aromatic heterocycles. The van der Waals surface area contributed by atoms with Crippen LogP contribution in [0.1, 0.15) is 219 Å². The molecular formula is C45H85NO. The average molecular weight is 656 g/mol. The molecule has 0 aliphatic heterocycles. The zero-order chi connectivity index (χ0) is 34.3. The summed E-state index contributed by atoms with van der Waals surface area (Å²) in [6.07, 6.45) is 55.2. The van der Waals surface area contributed by atoms with E-state index in [1.54, 1.807) is 0 Å². The van der Waals surface area contributed by atoms with Crippen molar-refractivity contribution in [3.63, 3.8) is 0 Å². The molecule has 0 saturated carbocycles. The molecule has 0 aromatic carbocycles. The van der Waals surface area contributed by atoms with Crippen molar-refractivity contribution < 1.29 is 4.79 Å². The summed E-state index contributed by atoms with van der Waals surface area (Å²) in [6.45, 7) is 5.70. The summed E-state index contributed by atoms with van der Waals surface area (Å²) in [5.41, 5.74) is 0. The number of allylic oxidation sites excluding steroid dienone is 6. The van der Waals surface area contributed by atoms with Crippen LogP contribution in [0.15, 0.2) is 36.5 Å². The van der Waals surface area contributed by atoms with Gasteiger partial charge in [0.05, 0.1) is 0 Å². The average Bonchev–Trinajstić information content (AvgIpc) is 3.06. The molecule has 2 heteroatoms. The maximum absolute atomic E-state index is 13.2. The third-order valence-corrected chi connectivity index (χ3v) is 9.80. The summed E-state index contributed by atoms with van der Waals surface area (Å²) in [5, 5.41) is 0. The fraction of sp³-hybridized carbons (Fsp3) is 0.844. The van der Waals surface area contributed by atoms with E-state index < -0.39 is 0 Å². The Morgan fingerprint density at radius 2 is 0.809 bits per heavy atom. The van der Waals surface area contributed by atoms with Crippen LogP contribution in [0.4, 0.5) is 0 Å². The van der Waals surface area contributed by atoms with E-state index in [4.69, 9.17) is 0 Å². The zero-order valence-electron chi connectivity index (χ0n) is 32.7. The number of nitrogens with zero attached hydrogens (tertiary/aromatic N) is 1. The van der Waals surface area contributed by atoms with Gasteiger partial charge in [0.15, 0.2) is 0 Å². The van der Waals surface area contributed by atoms with Gasteiger partial charge in [-0.2, -0.15) is 0 Å². The largest absolute Gasteiger partial charge is 0.309 e. The maximum Gasteiger partial charge on any atom is 0.135 e. The number of hydrogen-bond acceptors (Lipinski definition) is 2. The second kappa shape index (κ2) is 39.3. The van der Waals surface area contributed by atoms with Gasteiger partial charge in [-0.3, -0.25) is 4.79 Å². The van der Waals surface area contributed by atoms with Gasteiger partial charge >= 0.3 is 0 Å². The Morgan fingerprint density at radius 1 is 0.447 bits per heavy atom. The van der Waals surface area contributed by atoms with Gasteiger partial charge in [-0.05, 0) is 104 Å². The molecule has 0 bridgehead atoms. The van der Waals surface area contributed by atoms with Crippen LogP contribution in [0, 0.1) is 5.92 Å². The summed E-state index contributed by atoms with van der Waals surface area (Å²) < 4.78 is 0. The lowest BCUT2D eigenvalue weighted by Gasteiger charge is -2.16. The SMILES string of the molecule is CCCCC/C=C\C/C=C\CCCCCCCCC(CCCCCCCC/C=C\CCCCCCCC)C(=O)CCCCCN(C)C. The van der Waals surface area contributed by atoms with E-state index >= 15 is 0 Å². The molecule has 0 heterocycles. The normalized spacial score (nSPS) is 12.9. The van der Waals surface area contributed by atoms with Crippen LogP contribution in [0.5, 0.6) is 0 Å². The topological polar surface area (TPSA) is 20.3 Å². The van der Waals surface area contributed by atoms with Crippen LogP contribution in [0.25, 0.3) is 0 Å². The van der Waals surface area contributed by atoms with Crippen molar-refractivity contribution in [2.24, 2.45) is 5.92 Å². The van der Waals surface area contributed by atoms with E-state index in [0.29, 0.717) is 11.7 Å². The summed E-state index contributed by atoms with van der Waals surface area (Å²) in [7, 11) is 4.28. The van der Waals surface area contributed by atoms with Gasteiger partial charge in [-0.1, -0.05) is 166 Å². The van der Waals surface area contributed by atoms with Crippen LogP contribution >= 0.6 is 0 Å². The molecule has 0 spiro atoms. The van der Waals surface area contributed by atoms with Crippen molar-refractivity contribution in [2.75, 3.05) is 20.6 Å². The van der Waals surface area contributed by atoms with Gasteiger partial charge in [0.2, 0.25) is 0 Å². The monoisotopic (exact) mass is 656 g/mol. The van der Waals surface area contributed by atoms with E-state index in [1.165, 1.54) is 173 Å². The second-order valence-corrected chi connectivity index (χ2v) is 14.9. The van der Waals surface area contributed by atoms with Crippen LogP contribution in [-0.2, 0) is 4.79 Å². The van der Waals surface area contributed by atoms with Gasteiger partial charge in [0, 0.05) is 12.3 Å². The highest BCUT2D eigenvalue weighted by Gasteiger charge is 2.17. The van der Waals surface area contributed by atoms with E-state index in [0.717, 1.165) is 38.6 Å². The van der Waals surface area contributed by atoms with Crippen LogP contribution in [-0.4, -0.2) is 31.3 Å². The number of carbonyl (C=O) groups is 1. The minimum atomic E-state index is 0.325. The predicted molar refractivity (Wildman–Crippen MR) is 214 cm³/mol. The first kappa shape index (κ1) is 45.9. The minimum absolute atomic E-state index is 0.325. The van der Waals surface area contributed by atoms with Crippen molar-refractivity contribution in [2.45, 2.75) is 219 Å². The van der Waals surface area contributed by atoms with E-state index in [1.807, 2.05) is 0 Å². The molecular weight excluding hydrogens is 571 g/mol. The second-order valence-electron chi connectivity index (χ2n) is 14.9. The van der Waals surface area contributed by atoms with Gasteiger partial charge in [0.25, 0.3) is 0 Å². The number of unbranched alkanes of at least 4 members (excludes halogenated alkanes) is 23. The van der Waals surface area contributed by atoms with Crippen molar-refractivity contribution in [3.05, 3.63) is 36.5 Å². The molecule has 0 saturated heterocycles. The molecule has 0 aliphatic rings. The minimum Gasteiger partial charge on any atom is -0.309 e. The lowest BCUT2D eigenvalue weighted by Crippen LogP contribution is -2.15. The number of hydrogen-bond donors (Lipinski definition) is 0.